The molecule has 19 heavy (non-hydrogen) atoms. The van der Waals surface area contributed by atoms with E-state index in [2.05, 4.69) is 15.3 Å². The highest BCUT2D eigenvalue weighted by molar-refractivity contribution is 5.76. The minimum atomic E-state index is -0.982. The van der Waals surface area contributed by atoms with E-state index >= 15 is 0 Å². The first-order valence-corrected chi connectivity index (χ1v) is 5.74. The number of nitrogens with one attached hydrogen (secondary N) is 1. The van der Waals surface area contributed by atoms with Crippen LogP contribution < -0.4 is 5.32 Å². The highest BCUT2D eigenvalue weighted by atomic mass is 16.5. The summed E-state index contributed by atoms with van der Waals surface area (Å²) in [5.74, 6) is -0.982. The molecule has 0 saturated carbocycles. The second-order valence-corrected chi connectivity index (χ2v) is 3.81. The van der Waals surface area contributed by atoms with Gasteiger partial charge in [-0.05, 0) is 16.7 Å². The lowest BCUT2D eigenvalue weighted by molar-refractivity contribution is -0.139. The fraction of sp³-hybridized carbons (Fsp3) is 0.417. The van der Waals surface area contributed by atoms with Crippen LogP contribution in [0.2, 0.25) is 0 Å². The van der Waals surface area contributed by atoms with Gasteiger partial charge in [0, 0.05) is 25.1 Å². The normalized spacial score (nSPS) is 11.6. The summed E-state index contributed by atoms with van der Waals surface area (Å²) in [6, 6.07) is 6.33. The number of nitrogens with zero attached hydrogens (tertiary/aromatic N) is 3. The Labute approximate surface area is 110 Å². The number of carboxylic acids is 1. The van der Waals surface area contributed by atoms with Gasteiger partial charge < -0.3 is 15.2 Å². The van der Waals surface area contributed by atoms with Crippen molar-refractivity contribution in [2.24, 2.45) is 5.11 Å². The highest BCUT2D eigenvalue weighted by Gasteiger charge is 2.21. The SMILES string of the molecule is COCc1ccccc1C(NCCN=[N+]=[N-])C(=O)O. The lowest BCUT2D eigenvalue weighted by Gasteiger charge is -2.17. The third-order valence-corrected chi connectivity index (χ3v) is 2.54. The molecule has 2 N–H and O–H groups in total. The van der Waals surface area contributed by atoms with Gasteiger partial charge in [0.25, 0.3) is 0 Å². The van der Waals surface area contributed by atoms with Gasteiger partial charge in [-0.25, -0.2) is 0 Å². The van der Waals surface area contributed by atoms with Gasteiger partial charge in [0.05, 0.1) is 6.61 Å². The second kappa shape index (κ2) is 8.10. The number of benzene rings is 1. The van der Waals surface area contributed by atoms with E-state index in [9.17, 15) is 9.90 Å². The molecule has 1 aromatic rings. The molecule has 1 rings (SSSR count). The molecule has 0 spiro atoms. The molecule has 0 aliphatic rings. The van der Waals surface area contributed by atoms with E-state index in [0.717, 1.165) is 5.56 Å². The number of carboxylic acid groups (broad SMARTS) is 1. The van der Waals surface area contributed by atoms with Crippen LogP contribution in [0.1, 0.15) is 17.2 Å². The molecule has 0 fully saturated rings. The number of rotatable bonds is 8. The van der Waals surface area contributed by atoms with Gasteiger partial charge in [-0.1, -0.05) is 29.4 Å². The lowest BCUT2D eigenvalue weighted by atomic mass is 10.0. The van der Waals surface area contributed by atoms with E-state index in [-0.39, 0.29) is 6.54 Å². The maximum Gasteiger partial charge on any atom is 0.325 e. The standard InChI is InChI=1S/C12H16N4O3/c1-19-8-9-4-2-3-5-10(9)11(12(17)18)14-6-7-15-16-13/h2-5,11,14H,6-8H2,1H3,(H,17,18). The Bertz CT molecular complexity index is 472. The number of aliphatic carboxylic acids is 1. The molecule has 0 bridgehead atoms. The molecular formula is C12H16N4O3. The molecule has 1 unspecified atom stereocenters. The van der Waals surface area contributed by atoms with Crippen LogP contribution in [0.15, 0.2) is 29.4 Å². The van der Waals surface area contributed by atoms with Gasteiger partial charge in [-0.2, -0.15) is 0 Å². The molecule has 0 aliphatic heterocycles. The van der Waals surface area contributed by atoms with Crippen LogP contribution in [-0.4, -0.2) is 31.3 Å². The van der Waals surface area contributed by atoms with Crippen molar-refractivity contribution in [1.82, 2.24) is 5.32 Å². The van der Waals surface area contributed by atoms with Gasteiger partial charge in [0.1, 0.15) is 6.04 Å². The van der Waals surface area contributed by atoms with Gasteiger partial charge >= 0.3 is 5.97 Å². The van der Waals surface area contributed by atoms with Crippen LogP contribution in [0.3, 0.4) is 0 Å². The molecule has 102 valence electrons. The Kier molecular flexibility index (Phi) is 6.38. The number of hydrogen-bond donors (Lipinski definition) is 2. The first-order chi connectivity index (χ1) is 9.20. The predicted octanol–water partition coefficient (Wildman–Crippen LogP) is 1.86. The minimum absolute atomic E-state index is 0.201. The Balaban J connectivity index is 2.86. The van der Waals surface area contributed by atoms with Gasteiger partial charge in [0.15, 0.2) is 0 Å². The number of methoxy groups -OCH3 is 1. The second-order valence-electron chi connectivity index (χ2n) is 3.81. The maximum atomic E-state index is 11.3. The number of ether oxygens (including phenoxy) is 1. The third-order valence-electron chi connectivity index (χ3n) is 2.54. The summed E-state index contributed by atoms with van der Waals surface area (Å²) in [6.07, 6.45) is 0. The molecule has 0 amide bonds. The molecule has 0 saturated heterocycles. The van der Waals surface area contributed by atoms with E-state index in [1.165, 1.54) is 0 Å². The molecule has 7 nitrogen and oxygen atoms in total. The maximum absolute atomic E-state index is 11.3. The summed E-state index contributed by atoms with van der Waals surface area (Å²) in [5.41, 5.74) is 9.63. The van der Waals surface area contributed by atoms with Crippen molar-refractivity contribution in [2.75, 3.05) is 20.2 Å². The summed E-state index contributed by atoms with van der Waals surface area (Å²) < 4.78 is 5.05. The Morgan fingerprint density at radius 1 is 1.58 bits per heavy atom. The Morgan fingerprint density at radius 3 is 2.95 bits per heavy atom. The van der Waals surface area contributed by atoms with Crippen molar-refractivity contribution in [3.8, 4) is 0 Å². The van der Waals surface area contributed by atoms with E-state index in [1.54, 1.807) is 19.2 Å². The Hall–Kier alpha value is -2.08. The predicted molar refractivity (Wildman–Crippen MR) is 69.5 cm³/mol. The Morgan fingerprint density at radius 2 is 2.32 bits per heavy atom. The fourth-order valence-corrected chi connectivity index (χ4v) is 1.74. The molecular weight excluding hydrogens is 248 g/mol. The van der Waals surface area contributed by atoms with Crippen LogP contribution in [0, 0.1) is 0 Å². The van der Waals surface area contributed by atoms with Crippen molar-refractivity contribution in [3.63, 3.8) is 0 Å². The molecule has 0 radical (unpaired) electrons. The summed E-state index contributed by atoms with van der Waals surface area (Å²) >= 11 is 0. The number of azide groups is 1. The van der Waals surface area contributed by atoms with Crippen molar-refractivity contribution < 1.29 is 14.6 Å². The first-order valence-electron chi connectivity index (χ1n) is 5.74. The first kappa shape index (κ1) is 15.0. The van der Waals surface area contributed by atoms with Crippen molar-refractivity contribution >= 4 is 5.97 Å². The van der Waals surface area contributed by atoms with Gasteiger partial charge in [-0.15, -0.1) is 0 Å². The van der Waals surface area contributed by atoms with Crippen LogP contribution in [0.4, 0.5) is 0 Å². The molecule has 0 aliphatic carbocycles. The summed E-state index contributed by atoms with van der Waals surface area (Å²) in [5, 5.41) is 15.5. The highest BCUT2D eigenvalue weighted by Crippen LogP contribution is 2.19. The largest absolute Gasteiger partial charge is 0.480 e. The summed E-state index contributed by atoms with van der Waals surface area (Å²) in [6.45, 7) is 0.840. The van der Waals surface area contributed by atoms with Gasteiger partial charge in [-0.3, -0.25) is 4.79 Å². The number of hydrogen-bond acceptors (Lipinski definition) is 4. The van der Waals surface area contributed by atoms with Crippen molar-refractivity contribution in [3.05, 3.63) is 45.8 Å². The van der Waals surface area contributed by atoms with E-state index in [0.29, 0.717) is 18.7 Å². The van der Waals surface area contributed by atoms with Crippen LogP contribution in [0.5, 0.6) is 0 Å². The zero-order chi connectivity index (χ0) is 14.1. The molecule has 1 aromatic carbocycles. The van der Waals surface area contributed by atoms with Crippen LogP contribution in [0.25, 0.3) is 10.4 Å². The molecule has 0 heterocycles. The average Bonchev–Trinajstić information content (AvgIpc) is 2.40. The fourth-order valence-electron chi connectivity index (χ4n) is 1.74. The zero-order valence-electron chi connectivity index (χ0n) is 10.6. The average molecular weight is 264 g/mol. The monoisotopic (exact) mass is 264 g/mol. The molecule has 1 atom stereocenters. The minimum Gasteiger partial charge on any atom is -0.480 e. The van der Waals surface area contributed by atoms with Crippen LogP contribution in [-0.2, 0) is 16.1 Å². The smallest absolute Gasteiger partial charge is 0.325 e. The van der Waals surface area contributed by atoms with Crippen molar-refractivity contribution in [2.45, 2.75) is 12.6 Å². The van der Waals surface area contributed by atoms with Crippen LogP contribution >= 0.6 is 0 Å². The van der Waals surface area contributed by atoms with E-state index < -0.39 is 12.0 Å². The molecule has 7 heteroatoms. The molecule has 0 aromatic heterocycles. The quantitative estimate of drug-likeness (QED) is 0.323. The lowest BCUT2D eigenvalue weighted by Crippen LogP contribution is -2.31. The van der Waals surface area contributed by atoms with E-state index in [4.69, 9.17) is 10.3 Å². The summed E-state index contributed by atoms with van der Waals surface area (Å²) in [7, 11) is 1.56. The van der Waals surface area contributed by atoms with Gasteiger partial charge in [0.2, 0.25) is 0 Å². The van der Waals surface area contributed by atoms with E-state index in [1.807, 2.05) is 12.1 Å². The topological polar surface area (TPSA) is 107 Å². The van der Waals surface area contributed by atoms with Crippen molar-refractivity contribution in [1.29, 1.82) is 0 Å². The number of carbonyl (C=O) groups is 1. The zero-order valence-corrected chi connectivity index (χ0v) is 10.6. The summed E-state index contributed by atoms with van der Waals surface area (Å²) in [4.78, 5) is 13.9. The third kappa shape index (κ3) is 4.59.